The van der Waals surface area contributed by atoms with Crippen molar-refractivity contribution in [2.24, 2.45) is 0 Å². The molecule has 2 nitrogen and oxygen atoms in total. The van der Waals surface area contributed by atoms with Crippen molar-refractivity contribution in [1.82, 2.24) is 0 Å². The largest absolute Gasteiger partial charge is 0.468 e. The van der Waals surface area contributed by atoms with Gasteiger partial charge in [0.2, 0.25) is 0 Å². The van der Waals surface area contributed by atoms with Gasteiger partial charge < -0.3 is 9.47 Å². The van der Waals surface area contributed by atoms with Crippen LogP contribution in [0.25, 0.3) is 0 Å². The molecule has 0 aromatic heterocycles. The Kier molecular flexibility index (Phi) is 5.02. The highest BCUT2D eigenvalue weighted by Gasteiger charge is 2.11. The highest BCUT2D eigenvalue weighted by Crippen LogP contribution is 2.12. The summed E-state index contributed by atoms with van der Waals surface area (Å²) in [6, 6.07) is 8.84. The van der Waals surface area contributed by atoms with Crippen molar-refractivity contribution in [1.29, 1.82) is 0 Å². The Labute approximate surface area is 99.6 Å². The number of ether oxygens (including phenoxy) is 2. The molecule has 0 heterocycles. The van der Waals surface area contributed by atoms with Gasteiger partial charge >= 0.3 is 0 Å². The predicted octanol–water partition coefficient (Wildman–Crippen LogP) is 3.56. The summed E-state index contributed by atoms with van der Waals surface area (Å²) in [5, 5.41) is 0. The molecular formula is C13H21O2Si. The van der Waals surface area contributed by atoms with Crippen LogP contribution in [0.5, 0.6) is 5.75 Å². The van der Waals surface area contributed by atoms with Crippen molar-refractivity contribution >= 4 is 8.07 Å². The predicted molar refractivity (Wildman–Crippen MR) is 70.5 cm³/mol. The van der Waals surface area contributed by atoms with E-state index < -0.39 is 8.07 Å². The third-order valence-corrected chi connectivity index (χ3v) is 3.93. The van der Waals surface area contributed by atoms with Crippen LogP contribution in [0.1, 0.15) is 5.56 Å². The van der Waals surface area contributed by atoms with Gasteiger partial charge in [-0.25, -0.2) is 0 Å². The monoisotopic (exact) mass is 237 g/mol. The van der Waals surface area contributed by atoms with E-state index in [0.717, 1.165) is 17.9 Å². The quantitative estimate of drug-likeness (QED) is 0.428. The Morgan fingerprint density at radius 1 is 1.12 bits per heavy atom. The van der Waals surface area contributed by atoms with E-state index in [1.165, 1.54) is 6.04 Å². The van der Waals surface area contributed by atoms with Crippen LogP contribution in [-0.4, -0.2) is 21.5 Å². The first-order chi connectivity index (χ1) is 7.47. The summed E-state index contributed by atoms with van der Waals surface area (Å²) < 4.78 is 10.9. The van der Waals surface area contributed by atoms with Crippen molar-refractivity contribution in [3.05, 3.63) is 36.8 Å². The second-order valence-electron chi connectivity index (χ2n) is 5.13. The maximum absolute atomic E-state index is 5.44. The third kappa shape index (κ3) is 5.93. The fourth-order valence-electron chi connectivity index (χ4n) is 1.13. The van der Waals surface area contributed by atoms with E-state index in [1.807, 2.05) is 24.3 Å². The van der Waals surface area contributed by atoms with E-state index >= 15 is 0 Å². The van der Waals surface area contributed by atoms with E-state index in [-0.39, 0.29) is 0 Å². The Morgan fingerprint density at radius 3 is 2.31 bits per heavy atom. The molecular weight excluding hydrogens is 216 g/mol. The molecule has 0 aliphatic heterocycles. The second kappa shape index (κ2) is 6.06. The maximum Gasteiger partial charge on any atom is 0.189 e. The molecule has 1 aromatic rings. The fraction of sp³-hybridized carbons (Fsp3) is 0.462. The highest BCUT2D eigenvalue weighted by atomic mass is 28.3. The molecule has 0 N–H and O–H groups in total. The minimum Gasteiger partial charge on any atom is -0.468 e. The lowest BCUT2D eigenvalue weighted by atomic mass is 10.2. The van der Waals surface area contributed by atoms with Gasteiger partial charge in [-0.1, -0.05) is 31.8 Å². The molecule has 0 spiro atoms. The Bertz CT molecular complexity index is 301. The molecule has 1 aromatic carbocycles. The molecule has 0 bridgehead atoms. The number of hydrogen-bond acceptors (Lipinski definition) is 2. The van der Waals surface area contributed by atoms with Crippen LogP contribution in [0.4, 0.5) is 0 Å². The Hall–Kier alpha value is -0.803. The lowest BCUT2D eigenvalue weighted by Crippen LogP contribution is -2.22. The zero-order valence-corrected chi connectivity index (χ0v) is 11.5. The Morgan fingerprint density at radius 2 is 1.75 bits per heavy atom. The molecule has 0 unspecified atom stereocenters. The topological polar surface area (TPSA) is 18.5 Å². The summed E-state index contributed by atoms with van der Waals surface area (Å²) in [4.78, 5) is 0. The van der Waals surface area contributed by atoms with Gasteiger partial charge in [0.1, 0.15) is 5.75 Å². The summed E-state index contributed by atoms with van der Waals surface area (Å²) in [7, 11) is -0.983. The van der Waals surface area contributed by atoms with E-state index in [2.05, 4.69) is 26.6 Å². The van der Waals surface area contributed by atoms with Crippen molar-refractivity contribution < 1.29 is 9.47 Å². The average Bonchev–Trinajstić information content (AvgIpc) is 2.19. The lowest BCUT2D eigenvalue weighted by molar-refractivity contribution is 0.0220. The minimum atomic E-state index is -0.983. The first kappa shape index (κ1) is 13.3. The smallest absolute Gasteiger partial charge is 0.189 e. The fourth-order valence-corrected chi connectivity index (χ4v) is 1.89. The zero-order valence-electron chi connectivity index (χ0n) is 10.5. The van der Waals surface area contributed by atoms with Gasteiger partial charge in [-0.05, 0) is 30.7 Å². The molecule has 0 atom stereocenters. The summed E-state index contributed by atoms with van der Waals surface area (Å²) in [6.45, 7) is 12.0. The standard InChI is InChI=1S/C13H21O2Si/c1-12-5-7-13(8-6-12)15-11-14-9-10-16(2,3)4/h5-8H,1,9-11H2,2-4H3. The molecule has 1 radical (unpaired) electrons. The SMILES string of the molecule is [CH2]c1ccc(OCOCC[Si](C)(C)C)cc1. The first-order valence-corrected chi connectivity index (χ1v) is 9.31. The zero-order chi connectivity index (χ0) is 12.0. The van der Waals surface area contributed by atoms with Crippen molar-refractivity contribution in [2.45, 2.75) is 25.7 Å². The maximum atomic E-state index is 5.44. The molecule has 1 rings (SSSR count). The van der Waals surface area contributed by atoms with Crippen molar-refractivity contribution in [2.75, 3.05) is 13.4 Å². The van der Waals surface area contributed by atoms with Crippen LogP contribution < -0.4 is 4.74 Å². The molecule has 0 amide bonds. The third-order valence-electron chi connectivity index (χ3n) is 2.23. The molecule has 89 valence electrons. The molecule has 0 aliphatic carbocycles. The summed E-state index contributed by atoms with van der Waals surface area (Å²) in [6.07, 6.45) is 0. The van der Waals surface area contributed by atoms with Crippen LogP contribution >= 0.6 is 0 Å². The second-order valence-corrected chi connectivity index (χ2v) is 10.7. The van der Waals surface area contributed by atoms with Crippen LogP contribution in [0.15, 0.2) is 24.3 Å². The first-order valence-electron chi connectivity index (χ1n) is 5.60. The van der Waals surface area contributed by atoms with Gasteiger partial charge in [-0.15, -0.1) is 0 Å². The van der Waals surface area contributed by atoms with E-state index in [0.29, 0.717) is 6.79 Å². The molecule has 16 heavy (non-hydrogen) atoms. The Balaban J connectivity index is 2.14. The number of benzene rings is 1. The molecule has 3 heteroatoms. The molecule has 0 aliphatic rings. The summed E-state index contributed by atoms with van der Waals surface area (Å²) in [5.41, 5.74) is 0.993. The number of rotatable bonds is 6. The normalized spacial score (nSPS) is 11.5. The highest BCUT2D eigenvalue weighted by molar-refractivity contribution is 6.76. The van der Waals surface area contributed by atoms with E-state index in [1.54, 1.807) is 0 Å². The van der Waals surface area contributed by atoms with Gasteiger partial charge in [0, 0.05) is 14.7 Å². The van der Waals surface area contributed by atoms with Crippen LogP contribution in [-0.2, 0) is 4.74 Å². The minimum absolute atomic E-state index is 0.334. The summed E-state index contributed by atoms with van der Waals surface area (Å²) >= 11 is 0. The van der Waals surface area contributed by atoms with E-state index in [4.69, 9.17) is 9.47 Å². The van der Waals surface area contributed by atoms with Crippen molar-refractivity contribution in [3.8, 4) is 5.75 Å². The van der Waals surface area contributed by atoms with Gasteiger partial charge in [0.25, 0.3) is 0 Å². The van der Waals surface area contributed by atoms with Crippen LogP contribution in [0.3, 0.4) is 0 Å². The summed E-state index contributed by atoms with van der Waals surface area (Å²) in [5.74, 6) is 0.834. The lowest BCUT2D eigenvalue weighted by Gasteiger charge is -2.15. The van der Waals surface area contributed by atoms with E-state index in [9.17, 15) is 0 Å². The molecule has 0 saturated heterocycles. The van der Waals surface area contributed by atoms with Crippen LogP contribution in [0, 0.1) is 6.92 Å². The average molecular weight is 237 g/mol. The molecule has 0 saturated carbocycles. The van der Waals surface area contributed by atoms with Crippen molar-refractivity contribution in [3.63, 3.8) is 0 Å². The number of hydrogen-bond donors (Lipinski definition) is 0. The van der Waals surface area contributed by atoms with Crippen LogP contribution in [0.2, 0.25) is 25.7 Å². The van der Waals surface area contributed by atoms with Gasteiger partial charge in [-0.3, -0.25) is 0 Å². The van der Waals surface area contributed by atoms with Gasteiger partial charge in [-0.2, -0.15) is 0 Å². The molecule has 0 fully saturated rings. The van der Waals surface area contributed by atoms with Gasteiger partial charge in [0.15, 0.2) is 6.79 Å². The van der Waals surface area contributed by atoms with Gasteiger partial charge in [0.05, 0.1) is 0 Å².